The van der Waals surface area contributed by atoms with Crippen molar-refractivity contribution in [3.8, 4) is 5.75 Å². The van der Waals surface area contributed by atoms with Gasteiger partial charge in [0.05, 0.1) is 7.11 Å². The Kier molecular flexibility index (Phi) is 9.25. The molecule has 0 aliphatic carbocycles. The predicted molar refractivity (Wildman–Crippen MR) is 98.3 cm³/mol. The Balaban J connectivity index is 0.00000484. The highest BCUT2D eigenvalue weighted by Gasteiger charge is 2.26. The molecule has 0 fully saturated rings. The number of halogens is 1. The van der Waals surface area contributed by atoms with Gasteiger partial charge in [-0.25, -0.2) is 0 Å². The molecule has 0 aliphatic rings. The first-order valence-corrected chi connectivity index (χ1v) is 7.94. The van der Waals surface area contributed by atoms with Crippen LogP contribution in [0.4, 0.5) is 0 Å². The van der Waals surface area contributed by atoms with E-state index in [2.05, 4.69) is 26.1 Å². The first-order valence-electron chi connectivity index (χ1n) is 7.94. The van der Waals surface area contributed by atoms with Crippen molar-refractivity contribution < 1.29 is 9.53 Å². The number of ether oxygens (including phenoxy) is 1. The average Bonchev–Trinajstić information content (AvgIpc) is 2.46. The van der Waals surface area contributed by atoms with Gasteiger partial charge in [-0.3, -0.25) is 4.79 Å². The number of rotatable bonds is 8. The lowest BCUT2D eigenvalue weighted by molar-refractivity contribution is -0.123. The Hall–Kier alpha value is -1.26. The number of methoxy groups -OCH3 is 1. The molecule has 1 rings (SSSR count). The lowest BCUT2D eigenvalue weighted by Crippen LogP contribution is -2.52. The summed E-state index contributed by atoms with van der Waals surface area (Å²) < 4.78 is 5.15. The van der Waals surface area contributed by atoms with Crippen molar-refractivity contribution in [1.82, 2.24) is 5.32 Å². The van der Waals surface area contributed by atoms with Gasteiger partial charge in [0, 0.05) is 18.5 Å². The van der Waals surface area contributed by atoms with Crippen LogP contribution in [0.25, 0.3) is 0 Å². The van der Waals surface area contributed by atoms with E-state index in [9.17, 15) is 4.79 Å². The van der Waals surface area contributed by atoms with Crippen LogP contribution in [0.2, 0.25) is 0 Å². The van der Waals surface area contributed by atoms with E-state index in [0.29, 0.717) is 18.9 Å². The molecule has 0 aliphatic heterocycles. The van der Waals surface area contributed by atoms with Gasteiger partial charge in [0.25, 0.3) is 0 Å². The zero-order chi connectivity index (χ0) is 16.8. The van der Waals surface area contributed by atoms with Gasteiger partial charge in [-0.2, -0.15) is 0 Å². The number of amides is 1. The normalized spacial score (nSPS) is 14.6. The van der Waals surface area contributed by atoms with Crippen LogP contribution in [0.3, 0.4) is 0 Å². The number of carbonyl (C=O) groups excluding carboxylic acids is 1. The molecular formula is C18H31ClN2O2. The summed E-state index contributed by atoms with van der Waals surface area (Å²) in [6.07, 6.45) is 1.34. The van der Waals surface area contributed by atoms with Crippen LogP contribution < -0.4 is 15.8 Å². The molecule has 0 bridgehead atoms. The minimum absolute atomic E-state index is 0. The highest BCUT2D eigenvalue weighted by molar-refractivity contribution is 5.85. The first kappa shape index (κ1) is 21.7. The lowest BCUT2D eigenvalue weighted by Gasteiger charge is -2.31. The average molecular weight is 343 g/mol. The van der Waals surface area contributed by atoms with Gasteiger partial charge in [-0.1, -0.05) is 32.9 Å². The third kappa shape index (κ3) is 7.23. The molecule has 0 spiro atoms. The number of benzene rings is 1. The maximum absolute atomic E-state index is 12.3. The maximum atomic E-state index is 12.3. The second-order valence-corrected chi connectivity index (χ2v) is 6.79. The Labute approximate surface area is 146 Å². The van der Waals surface area contributed by atoms with Crippen LogP contribution in [0, 0.1) is 5.92 Å². The van der Waals surface area contributed by atoms with E-state index < -0.39 is 0 Å². The van der Waals surface area contributed by atoms with Crippen molar-refractivity contribution in [3.63, 3.8) is 0 Å². The number of carbonyl (C=O) groups is 1. The van der Waals surface area contributed by atoms with Gasteiger partial charge in [0.1, 0.15) is 5.75 Å². The molecule has 5 heteroatoms. The minimum atomic E-state index is -0.328. The van der Waals surface area contributed by atoms with Crippen molar-refractivity contribution in [2.24, 2.45) is 11.7 Å². The highest BCUT2D eigenvalue weighted by atomic mass is 35.5. The quantitative estimate of drug-likeness (QED) is 0.760. The molecule has 0 radical (unpaired) electrons. The summed E-state index contributed by atoms with van der Waals surface area (Å²) in [5.74, 6) is 1.53. The largest absolute Gasteiger partial charge is 0.497 e. The van der Waals surface area contributed by atoms with Crippen molar-refractivity contribution >= 4 is 18.3 Å². The first-order chi connectivity index (χ1) is 10.3. The maximum Gasteiger partial charge on any atom is 0.221 e. The van der Waals surface area contributed by atoms with Crippen molar-refractivity contribution in [2.45, 2.75) is 52.0 Å². The second kappa shape index (κ2) is 9.78. The van der Waals surface area contributed by atoms with Crippen LogP contribution in [0.1, 0.15) is 52.0 Å². The summed E-state index contributed by atoms with van der Waals surface area (Å²) in [6, 6.07) is 7.86. The van der Waals surface area contributed by atoms with E-state index in [0.717, 1.165) is 17.7 Å². The smallest absolute Gasteiger partial charge is 0.221 e. The van der Waals surface area contributed by atoms with Gasteiger partial charge in [0.2, 0.25) is 5.91 Å². The van der Waals surface area contributed by atoms with Crippen LogP contribution in [0.15, 0.2) is 24.3 Å². The molecule has 3 N–H and O–H groups in total. The molecule has 2 unspecified atom stereocenters. The number of hydrogen-bond donors (Lipinski definition) is 2. The van der Waals surface area contributed by atoms with Crippen molar-refractivity contribution in [3.05, 3.63) is 29.8 Å². The van der Waals surface area contributed by atoms with Crippen LogP contribution in [-0.4, -0.2) is 25.1 Å². The third-order valence-electron chi connectivity index (χ3n) is 3.93. The predicted octanol–water partition coefficient (Wildman–Crippen LogP) is 3.49. The molecule has 1 amide bonds. The van der Waals surface area contributed by atoms with Gasteiger partial charge >= 0.3 is 0 Å². The zero-order valence-electron chi connectivity index (χ0n) is 14.9. The Bertz CT molecular complexity index is 476. The summed E-state index contributed by atoms with van der Waals surface area (Å²) in [4.78, 5) is 12.3. The summed E-state index contributed by atoms with van der Waals surface area (Å²) in [5.41, 5.74) is 6.65. The minimum Gasteiger partial charge on any atom is -0.497 e. The fraction of sp³-hybridized carbons (Fsp3) is 0.611. The zero-order valence-corrected chi connectivity index (χ0v) is 15.7. The lowest BCUT2D eigenvalue weighted by atomic mass is 9.90. The van der Waals surface area contributed by atoms with Crippen LogP contribution in [0.5, 0.6) is 5.75 Å². The third-order valence-corrected chi connectivity index (χ3v) is 3.93. The van der Waals surface area contributed by atoms with Gasteiger partial charge in [-0.05, 0) is 42.9 Å². The monoisotopic (exact) mass is 342 g/mol. The van der Waals surface area contributed by atoms with Crippen LogP contribution in [-0.2, 0) is 4.79 Å². The molecule has 0 heterocycles. The molecule has 0 saturated heterocycles. The van der Waals surface area contributed by atoms with E-state index in [1.165, 1.54) is 0 Å². The summed E-state index contributed by atoms with van der Waals surface area (Å²) in [5, 5.41) is 3.11. The fourth-order valence-electron chi connectivity index (χ4n) is 2.80. The number of hydrogen-bond acceptors (Lipinski definition) is 3. The Morgan fingerprint density at radius 3 is 2.26 bits per heavy atom. The second-order valence-electron chi connectivity index (χ2n) is 6.79. The molecule has 23 heavy (non-hydrogen) atoms. The van der Waals surface area contributed by atoms with E-state index in [1.54, 1.807) is 7.11 Å². The molecule has 0 aromatic heterocycles. The molecule has 1 aromatic rings. The molecular weight excluding hydrogens is 312 g/mol. The van der Waals surface area contributed by atoms with Crippen molar-refractivity contribution in [1.29, 1.82) is 0 Å². The summed E-state index contributed by atoms with van der Waals surface area (Å²) in [7, 11) is 1.65. The Morgan fingerprint density at radius 2 is 1.83 bits per heavy atom. The van der Waals surface area contributed by atoms with E-state index >= 15 is 0 Å². The van der Waals surface area contributed by atoms with Crippen molar-refractivity contribution in [2.75, 3.05) is 13.7 Å². The molecule has 132 valence electrons. The summed E-state index contributed by atoms with van der Waals surface area (Å²) in [6.45, 7) is 8.81. The van der Waals surface area contributed by atoms with E-state index in [4.69, 9.17) is 10.5 Å². The number of nitrogens with two attached hydrogens (primary N) is 1. The standard InChI is InChI=1S/C18H30N2O2.ClH/c1-13(2)11-18(4,12-19)20-17(21)10-14(3)15-6-8-16(22-5)9-7-15;/h6-9,13-14H,10-12,19H2,1-5H3,(H,20,21);1H. The molecule has 1 aromatic carbocycles. The molecule has 4 nitrogen and oxygen atoms in total. The van der Waals surface area contributed by atoms with Gasteiger partial charge < -0.3 is 15.8 Å². The van der Waals surface area contributed by atoms with Gasteiger partial charge in [0.15, 0.2) is 0 Å². The van der Waals surface area contributed by atoms with E-state index in [1.807, 2.05) is 31.2 Å². The van der Waals surface area contributed by atoms with E-state index in [-0.39, 0.29) is 29.8 Å². The summed E-state index contributed by atoms with van der Waals surface area (Å²) >= 11 is 0. The Morgan fingerprint density at radius 1 is 1.26 bits per heavy atom. The molecule has 0 saturated carbocycles. The molecule has 2 atom stereocenters. The topological polar surface area (TPSA) is 64.3 Å². The van der Waals surface area contributed by atoms with Gasteiger partial charge in [-0.15, -0.1) is 12.4 Å². The highest BCUT2D eigenvalue weighted by Crippen LogP contribution is 2.23. The number of nitrogens with one attached hydrogen (secondary N) is 1. The fourth-order valence-corrected chi connectivity index (χ4v) is 2.80. The SMILES string of the molecule is COc1ccc(C(C)CC(=O)NC(C)(CN)CC(C)C)cc1.Cl. The van der Waals surface area contributed by atoms with Crippen LogP contribution >= 0.6 is 12.4 Å².